The van der Waals surface area contributed by atoms with Gasteiger partial charge >= 0.3 is 0 Å². The highest BCUT2D eigenvalue weighted by Crippen LogP contribution is 2.23. The van der Waals surface area contributed by atoms with Crippen LogP contribution in [-0.2, 0) is 4.79 Å². The SMILES string of the molecule is O=C(Nc1ccc(F)c(F)c1)C1CCN(c2ccc(=O)n(-c3ccc(F)cc3)n2)CC1. The molecule has 1 N–H and O–H groups in total. The van der Waals surface area contributed by atoms with Crippen molar-refractivity contribution in [2.75, 3.05) is 23.3 Å². The molecule has 0 spiro atoms. The van der Waals surface area contributed by atoms with Crippen molar-refractivity contribution < 1.29 is 18.0 Å². The van der Waals surface area contributed by atoms with Gasteiger partial charge in [0.15, 0.2) is 11.6 Å². The van der Waals surface area contributed by atoms with E-state index in [4.69, 9.17) is 0 Å². The minimum Gasteiger partial charge on any atom is -0.355 e. The fourth-order valence-electron chi connectivity index (χ4n) is 3.53. The molecule has 1 fully saturated rings. The van der Waals surface area contributed by atoms with E-state index < -0.39 is 17.5 Å². The van der Waals surface area contributed by atoms with Crippen LogP contribution in [-0.4, -0.2) is 28.8 Å². The molecule has 0 atom stereocenters. The summed E-state index contributed by atoms with van der Waals surface area (Å²) < 4.78 is 40.7. The molecule has 0 unspecified atom stereocenters. The van der Waals surface area contributed by atoms with Gasteiger partial charge in [-0.15, -0.1) is 5.10 Å². The summed E-state index contributed by atoms with van der Waals surface area (Å²) in [6.07, 6.45) is 1.07. The third-order valence-electron chi connectivity index (χ3n) is 5.23. The van der Waals surface area contributed by atoms with E-state index in [1.54, 1.807) is 6.07 Å². The van der Waals surface area contributed by atoms with Crippen LogP contribution in [0.25, 0.3) is 5.69 Å². The minimum absolute atomic E-state index is 0.208. The fraction of sp³-hybridized carbons (Fsp3) is 0.227. The minimum atomic E-state index is -1.02. The number of aromatic nitrogens is 2. The van der Waals surface area contributed by atoms with Gasteiger partial charge in [0.05, 0.1) is 5.69 Å². The Labute approximate surface area is 175 Å². The second-order valence-electron chi connectivity index (χ2n) is 7.30. The number of benzene rings is 2. The first-order valence-corrected chi connectivity index (χ1v) is 9.78. The number of carbonyl (C=O) groups excluding carboxylic acids is 1. The summed E-state index contributed by atoms with van der Waals surface area (Å²) in [5.41, 5.74) is 0.324. The van der Waals surface area contributed by atoms with Gasteiger partial charge in [-0.25, -0.2) is 13.2 Å². The lowest BCUT2D eigenvalue weighted by Crippen LogP contribution is -2.39. The average molecular weight is 428 g/mol. The number of halogens is 3. The fourth-order valence-corrected chi connectivity index (χ4v) is 3.53. The van der Waals surface area contributed by atoms with Crippen molar-refractivity contribution in [1.29, 1.82) is 0 Å². The van der Waals surface area contributed by atoms with Crippen molar-refractivity contribution in [3.63, 3.8) is 0 Å². The molecule has 6 nitrogen and oxygen atoms in total. The lowest BCUT2D eigenvalue weighted by molar-refractivity contribution is -0.120. The first kappa shape index (κ1) is 20.6. The van der Waals surface area contributed by atoms with Crippen LogP contribution in [0.4, 0.5) is 24.7 Å². The van der Waals surface area contributed by atoms with Crippen molar-refractivity contribution in [2.45, 2.75) is 12.8 Å². The highest BCUT2D eigenvalue weighted by molar-refractivity contribution is 5.92. The van der Waals surface area contributed by atoms with Crippen LogP contribution in [0.5, 0.6) is 0 Å². The number of hydrogen-bond donors (Lipinski definition) is 1. The smallest absolute Gasteiger partial charge is 0.271 e. The Morgan fingerprint density at radius 3 is 2.32 bits per heavy atom. The average Bonchev–Trinajstić information content (AvgIpc) is 2.77. The zero-order valence-electron chi connectivity index (χ0n) is 16.4. The summed E-state index contributed by atoms with van der Waals surface area (Å²) in [7, 11) is 0. The number of amides is 1. The predicted molar refractivity (Wildman–Crippen MR) is 110 cm³/mol. The Morgan fingerprint density at radius 2 is 1.65 bits per heavy atom. The zero-order chi connectivity index (χ0) is 22.0. The van der Waals surface area contributed by atoms with Gasteiger partial charge in [0.2, 0.25) is 5.91 Å². The topological polar surface area (TPSA) is 67.2 Å². The van der Waals surface area contributed by atoms with Gasteiger partial charge in [-0.3, -0.25) is 9.59 Å². The van der Waals surface area contributed by atoms with E-state index in [0.717, 1.165) is 12.1 Å². The van der Waals surface area contributed by atoms with Crippen LogP contribution in [0.15, 0.2) is 59.4 Å². The molecular formula is C22H19F3N4O2. The summed E-state index contributed by atoms with van der Waals surface area (Å²) in [5, 5.41) is 7.00. The van der Waals surface area contributed by atoms with Crippen LogP contribution in [0.1, 0.15) is 12.8 Å². The van der Waals surface area contributed by atoms with E-state index in [1.807, 2.05) is 4.90 Å². The Morgan fingerprint density at radius 1 is 0.935 bits per heavy atom. The van der Waals surface area contributed by atoms with Crippen LogP contribution in [0.3, 0.4) is 0 Å². The van der Waals surface area contributed by atoms with E-state index in [0.29, 0.717) is 37.4 Å². The molecular weight excluding hydrogens is 409 g/mol. The molecule has 1 aromatic heterocycles. The number of hydrogen-bond acceptors (Lipinski definition) is 4. The van der Waals surface area contributed by atoms with E-state index in [1.165, 1.54) is 41.1 Å². The van der Waals surface area contributed by atoms with Gasteiger partial charge in [-0.05, 0) is 55.3 Å². The van der Waals surface area contributed by atoms with Crippen molar-refractivity contribution in [2.24, 2.45) is 5.92 Å². The second kappa shape index (κ2) is 8.63. The Kier molecular flexibility index (Phi) is 5.75. The molecule has 2 heterocycles. The molecule has 160 valence electrons. The van der Waals surface area contributed by atoms with Crippen LogP contribution < -0.4 is 15.8 Å². The Bertz CT molecular complexity index is 1160. The number of nitrogens with one attached hydrogen (secondary N) is 1. The van der Waals surface area contributed by atoms with Crippen LogP contribution in [0, 0.1) is 23.4 Å². The quantitative estimate of drug-likeness (QED) is 0.691. The normalized spacial score (nSPS) is 14.5. The molecule has 1 amide bonds. The van der Waals surface area contributed by atoms with Gasteiger partial charge in [-0.2, -0.15) is 4.68 Å². The van der Waals surface area contributed by atoms with Gasteiger partial charge in [-0.1, -0.05) is 0 Å². The third-order valence-corrected chi connectivity index (χ3v) is 5.23. The van der Waals surface area contributed by atoms with Gasteiger partial charge in [0, 0.05) is 36.8 Å². The molecule has 1 aliphatic rings. The molecule has 9 heteroatoms. The molecule has 0 radical (unpaired) electrons. The highest BCUT2D eigenvalue weighted by Gasteiger charge is 2.26. The number of nitrogens with zero attached hydrogens (tertiary/aromatic N) is 3. The maximum Gasteiger partial charge on any atom is 0.271 e. The molecule has 0 bridgehead atoms. The van der Waals surface area contributed by atoms with Crippen molar-refractivity contribution in [3.8, 4) is 5.69 Å². The summed E-state index contributed by atoms with van der Waals surface area (Å²) >= 11 is 0. The van der Waals surface area contributed by atoms with Gasteiger partial charge in [0.25, 0.3) is 5.56 Å². The lowest BCUT2D eigenvalue weighted by atomic mass is 9.96. The summed E-state index contributed by atoms with van der Waals surface area (Å²) in [6.45, 7) is 1.06. The lowest BCUT2D eigenvalue weighted by Gasteiger charge is -2.32. The Balaban J connectivity index is 1.42. The van der Waals surface area contributed by atoms with Crippen LogP contribution >= 0.6 is 0 Å². The molecule has 1 saturated heterocycles. The number of piperidine rings is 1. The van der Waals surface area contributed by atoms with E-state index in [2.05, 4.69) is 10.4 Å². The zero-order valence-corrected chi connectivity index (χ0v) is 16.4. The van der Waals surface area contributed by atoms with E-state index in [9.17, 15) is 22.8 Å². The maximum atomic E-state index is 13.3. The molecule has 31 heavy (non-hydrogen) atoms. The molecule has 2 aromatic carbocycles. The molecule has 0 saturated carbocycles. The molecule has 3 aromatic rings. The number of carbonyl (C=O) groups is 1. The summed E-state index contributed by atoms with van der Waals surface area (Å²) in [6, 6.07) is 11.7. The van der Waals surface area contributed by atoms with Crippen LogP contribution in [0.2, 0.25) is 0 Å². The summed E-state index contributed by atoms with van der Waals surface area (Å²) in [5.74, 6) is -2.36. The van der Waals surface area contributed by atoms with Gasteiger partial charge < -0.3 is 10.2 Å². The standard InChI is InChI=1S/C22H19F3N4O2/c23-15-1-4-17(5-2-15)29-21(30)8-7-20(27-29)28-11-9-14(10-12-28)22(31)26-16-3-6-18(24)19(25)13-16/h1-8,13-14H,9-12H2,(H,26,31). The predicted octanol–water partition coefficient (Wildman–Crippen LogP) is 3.50. The third kappa shape index (κ3) is 4.60. The number of anilines is 2. The van der Waals surface area contributed by atoms with Gasteiger partial charge in [0.1, 0.15) is 11.6 Å². The highest BCUT2D eigenvalue weighted by atomic mass is 19.2. The van der Waals surface area contributed by atoms with Crippen molar-refractivity contribution in [3.05, 3.63) is 82.4 Å². The second-order valence-corrected chi connectivity index (χ2v) is 7.30. The van der Waals surface area contributed by atoms with E-state index in [-0.39, 0.29) is 23.1 Å². The molecule has 0 aliphatic carbocycles. The molecule has 4 rings (SSSR count). The molecule has 1 aliphatic heterocycles. The Hall–Kier alpha value is -3.62. The first-order valence-electron chi connectivity index (χ1n) is 9.78. The maximum absolute atomic E-state index is 13.3. The monoisotopic (exact) mass is 428 g/mol. The van der Waals surface area contributed by atoms with Crippen molar-refractivity contribution in [1.82, 2.24) is 9.78 Å². The van der Waals surface area contributed by atoms with Crippen molar-refractivity contribution >= 4 is 17.4 Å². The number of rotatable bonds is 4. The first-order chi connectivity index (χ1) is 14.9. The summed E-state index contributed by atoms with van der Waals surface area (Å²) in [4.78, 5) is 26.6. The largest absolute Gasteiger partial charge is 0.355 e. The van der Waals surface area contributed by atoms with E-state index >= 15 is 0 Å².